The van der Waals surface area contributed by atoms with Crippen LogP contribution in [0.25, 0.3) is 5.57 Å². The Morgan fingerprint density at radius 2 is 2.11 bits per heavy atom. The molecular weight excluding hydrogens is 226 g/mol. The highest BCUT2D eigenvalue weighted by Crippen LogP contribution is 2.30. The van der Waals surface area contributed by atoms with Crippen molar-refractivity contribution >= 4 is 11.5 Å². The van der Waals surface area contributed by atoms with Crippen LogP contribution < -0.4 is 5.32 Å². The Kier molecular flexibility index (Phi) is 3.82. The molecule has 3 heteroatoms. The number of carboxylic acid groups (broad SMARTS) is 1. The van der Waals surface area contributed by atoms with Crippen molar-refractivity contribution in [1.82, 2.24) is 5.32 Å². The molecule has 0 amide bonds. The van der Waals surface area contributed by atoms with E-state index in [0.29, 0.717) is 0 Å². The fourth-order valence-electron chi connectivity index (χ4n) is 2.48. The molecule has 1 unspecified atom stereocenters. The molecule has 1 aliphatic rings. The summed E-state index contributed by atoms with van der Waals surface area (Å²) in [6.45, 7) is 4.08. The first-order chi connectivity index (χ1) is 8.58. The van der Waals surface area contributed by atoms with E-state index in [0.717, 1.165) is 12.0 Å². The average Bonchev–Trinajstić information content (AvgIpc) is 2.70. The van der Waals surface area contributed by atoms with E-state index in [9.17, 15) is 4.79 Å². The van der Waals surface area contributed by atoms with Crippen molar-refractivity contribution < 1.29 is 9.90 Å². The lowest BCUT2D eigenvalue weighted by molar-refractivity contribution is -0.137. The Hall–Kier alpha value is -1.61. The molecule has 2 N–H and O–H groups in total. The zero-order valence-corrected chi connectivity index (χ0v) is 10.8. The predicted molar refractivity (Wildman–Crippen MR) is 72.4 cm³/mol. The van der Waals surface area contributed by atoms with Crippen molar-refractivity contribution in [3.05, 3.63) is 41.5 Å². The third-order valence-corrected chi connectivity index (χ3v) is 3.16. The Morgan fingerprint density at radius 1 is 1.39 bits per heavy atom. The minimum Gasteiger partial charge on any atom is -0.481 e. The number of nitrogens with one attached hydrogen (secondary N) is 1. The third-order valence-electron chi connectivity index (χ3n) is 3.16. The molecule has 0 bridgehead atoms. The number of aliphatic carboxylic acids is 1. The van der Waals surface area contributed by atoms with Crippen LogP contribution in [0.5, 0.6) is 0 Å². The van der Waals surface area contributed by atoms with E-state index >= 15 is 0 Å². The van der Waals surface area contributed by atoms with Crippen LogP contribution in [0, 0.1) is 0 Å². The van der Waals surface area contributed by atoms with Gasteiger partial charge in [0.1, 0.15) is 0 Å². The van der Waals surface area contributed by atoms with Crippen molar-refractivity contribution in [2.45, 2.75) is 38.8 Å². The van der Waals surface area contributed by atoms with Crippen LogP contribution >= 0.6 is 0 Å². The Labute approximate surface area is 108 Å². The van der Waals surface area contributed by atoms with E-state index in [1.54, 1.807) is 0 Å². The highest BCUT2D eigenvalue weighted by atomic mass is 16.4. The zero-order valence-electron chi connectivity index (χ0n) is 10.8. The first kappa shape index (κ1) is 12.8. The van der Waals surface area contributed by atoms with E-state index in [2.05, 4.69) is 23.5 Å². The van der Waals surface area contributed by atoms with Gasteiger partial charge in [-0.25, -0.2) is 0 Å². The van der Waals surface area contributed by atoms with Gasteiger partial charge < -0.3 is 10.4 Å². The Balaban J connectivity index is 2.24. The summed E-state index contributed by atoms with van der Waals surface area (Å²) in [5.41, 5.74) is 3.60. The lowest BCUT2D eigenvalue weighted by Gasteiger charge is -2.22. The highest BCUT2D eigenvalue weighted by molar-refractivity contribution is 5.80. The predicted octanol–water partition coefficient (Wildman–Crippen LogP) is 2.47. The summed E-state index contributed by atoms with van der Waals surface area (Å²) in [4.78, 5) is 11.0. The normalized spacial score (nSPS) is 15.4. The van der Waals surface area contributed by atoms with E-state index < -0.39 is 5.97 Å². The smallest absolute Gasteiger partial charge is 0.305 e. The minimum atomic E-state index is -0.765. The number of hydrogen-bond acceptors (Lipinski definition) is 2. The Morgan fingerprint density at radius 3 is 2.78 bits per heavy atom. The molecule has 0 fully saturated rings. The number of hydrogen-bond donors (Lipinski definition) is 2. The van der Waals surface area contributed by atoms with E-state index in [4.69, 9.17) is 5.11 Å². The molecule has 0 radical (unpaired) electrons. The number of benzene rings is 1. The second kappa shape index (κ2) is 5.36. The van der Waals surface area contributed by atoms with Crippen LogP contribution in [0.2, 0.25) is 0 Å². The van der Waals surface area contributed by atoms with Gasteiger partial charge in [-0.15, -0.1) is 0 Å². The first-order valence-electron chi connectivity index (χ1n) is 6.34. The molecule has 2 rings (SSSR count). The SMILES string of the molecule is CC(C)NC(CC(=O)O)C1=CCc2ccccc21. The lowest BCUT2D eigenvalue weighted by Crippen LogP contribution is -2.37. The van der Waals surface area contributed by atoms with E-state index in [1.165, 1.54) is 11.1 Å². The van der Waals surface area contributed by atoms with Crippen LogP contribution in [-0.2, 0) is 11.2 Å². The molecule has 1 aromatic rings. The monoisotopic (exact) mass is 245 g/mol. The maximum Gasteiger partial charge on any atom is 0.305 e. The van der Waals surface area contributed by atoms with Gasteiger partial charge >= 0.3 is 5.97 Å². The molecule has 0 spiro atoms. The van der Waals surface area contributed by atoms with Gasteiger partial charge in [0.25, 0.3) is 0 Å². The summed E-state index contributed by atoms with van der Waals surface area (Å²) < 4.78 is 0. The van der Waals surface area contributed by atoms with Gasteiger partial charge in [-0.05, 0) is 23.1 Å². The minimum absolute atomic E-state index is 0.105. The number of carboxylic acids is 1. The summed E-state index contributed by atoms with van der Waals surface area (Å²) in [5.74, 6) is -0.765. The molecular formula is C15H19NO2. The summed E-state index contributed by atoms with van der Waals surface area (Å²) in [6.07, 6.45) is 3.17. The van der Waals surface area contributed by atoms with Gasteiger partial charge in [0.15, 0.2) is 0 Å². The maximum absolute atomic E-state index is 11.0. The molecule has 0 aromatic heterocycles. The number of rotatable bonds is 5. The van der Waals surface area contributed by atoms with E-state index in [-0.39, 0.29) is 18.5 Å². The molecule has 0 aliphatic heterocycles. The van der Waals surface area contributed by atoms with Gasteiger partial charge in [-0.3, -0.25) is 4.79 Å². The summed E-state index contributed by atoms with van der Waals surface area (Å²) >= 11 is 0. The molecule has 0 heterocycles. The molecule has 1 aromatic carbocycles. The topological polar surface area (TPSA) is 49.3 Å². The van der Waals surface area contributed by atoms with Gasteiger partial charge in [0.2, 0.25) is 0 Å². The zero-order chi connectivity index (χ0) is 13.1. The van der Waals surface area contributed by atoms with Crippen molar-refractivity contribution in [3.8, 4) is 0 Å². The highest BCUT2D eigenvalue weighted by Gasteiger charge is 2.24. The van der Waals surface area contributed by atoms with Gasteiger partial charge in [0, 0.05) is 12.1 Å². The molecule has 1 atom stereocenters. The average molecular weight is 245 g/mol. The van der Waals surface area contributed by atoms with Crippen molar-refractivity contribution in [3.63, 3.8) is 0 Å². The molecule has 96 valence electrons. The summed E-state index contributed by atoms with van der Waals surface area (Å²) in [6, 6.07) is 8.37. The van der Waals surface area contributed by atoms with E-state index in [1.807, 2.05) is 26.0 Å². The summed E-state index contributed by atoms with van der Waals surface area (Å²) in [7, 11) is 0. The van der Waals surface area contributed by atoms with Crippen LogP contribution in [0.1, 0.15) is 31.4 Å². The molecule has 0 saturated heterocycles. The number of fused-ring (bicyclic) bond motifs is 1. The summed E-state index contributed by atoms with van der Waals surface area (Å²) in [5, 5.41) is 12.4. The Bertz CT molecular complexity index is 477. The van der Waals surface area contributed by atoms with Crippen molar-refractivity contribution in [2.75, 3.05) is 0 Å². The van der Waals surface area contributed by atoms with Gasteiger partial charge in [-0.1, -0.05) is 44.2 Å². The third kappa shape index (κ3) is 2.79. The van der Waals surface area contributed by atoms with Gasteiger partial charge in [-0.2, -0.15) is 0 Å². The second-order valence-corrected chi connectivity index (χ2v) is 4.99. The molecule has 1 aliphatic carbocycles. The van der Waals surface area contributed by atoms with Crippen molar-refractivity contribution in [2.24, 2.45) is 0 Å². The van der Waals surface area contributed by atoms with Crippen LogP contribution in [0.3, 0.4) is 0 Å². The van der Waals surface area contributed by atoms with Crippen LogP contribution in [0.15, 0.2) is 30.3 Å². The van der Waals surface area contributed by atoms with Crippen LogP contribution in [-0.4, -0.2) is 23.2 Å². The quantitative estimate of drug-likeness (QED) is 0.837. The van der Waals surface area contributed by atoms with Crippen molar-refractivity contribution in [1.29, 1.82) is 0 Å². The fourth-order valence-corrected chi connectivity index (χ4v) is 2.48. The standard InChI is InChI=1S/C15H19NO2/c1-10(2)16-14(9-15(17)18)13-8-7-11-5-3-4-6-12(11)13/h3-6,8,10,14,16H,7,9H2,1-2H3,(H,17,18). The first-order valence-corrected chi connectivity index (χ1v) is 6.34. The van der Waals surface area contributed by atoms with Gasteiger partial charge in [0.05, 0.1) is 6.42 Å². The second-order valence-electron chi connectivity index (χ2n) is 4.99. The molecule has 18 heavy (non-hydrogen) atoms. The maximum atomic E-state index is 11.0. The van der Waals surface area contributed by atoms with Crippen LogP contribution in [0.4, 0.5) is 0 Å². The lowest BCUT2D eigenvalue weighted by atomic mass is 9.97. The molecule has 0 saturated carbocycles. The number of allylic oxidation sites excluding steroid dienone is 1. The largest absolute Gasteiger partial charge is 0.481 e. The molecule has 3 nitrogen and oxygen atoms in total. The number of carbonyl (C=O) groups is 1. The fraction of sp³-hybridized carbons (Fsp3) is 0.400.